The molecule has 0 N–H and O–H groups in total. The van der Waals surface area contributed by atoms with E-state index in [4.69, 9.17) is 4.42 Å². The Hall–Kier alpha value is -1.62. The van der Waals surface area contributed by atoms with Crippen molar-refractivity contribution in [3.63, 3.8) is 0 Å². The Bertz CT molecular complexity index is 739. The highest BCUT2D eigenvalue weighted by molar-refractivity contribution is 7.91. The Morgan fingerprint density at radius 2 is 2.00 bits per heavy atom. The average Bonchev–Trinajstić information content (AvgIpc) is 2.89. The molecule has 4 nitrogen and oxygen atoms in total. The number of carbonyl (C=O) groups is 1. The molecule has 1 aromatic carbocycles. The van der Waals surface area contributed by atoms with Crippen molar-refractivity contribution < 1.29 is 17.6 Å². The first-order valence-electron chi connectivity index (χ1n) is 7.17. The van der Waals surface area contributed by atoms with E-state index in [0.717, 1.165) is 18.2 Å². The number of hydrogen-bond acceptors (Lipinski definition) is 4. The molecular formula is C16H18O4S. The monoisotopic (exact) mass is 306 g/mol. The van der Waals surface area contributed by atoms with Crippen LogP contribution in [0.15, 0.2) is 34.7 Å². The highest BCUT2D eigenvalue weighted by Crippen LogP contribution is 2.32. The quantitative estimate of drug-likeness (QED) is 0.817. The van der Waals surface area contributed by atoms with E-state index in [2.05, 4.69) is 0 Å². The first kappa shape index (κ1) is 14.3. The van der Waals surface area contributed by atoms with Gasteiger partial charge in [-0.2, -0.15) is 0 Å². The normalized spacial score (nSPS) is 23.3. The number of furan rings is 1. The molecule has 112 valence electrons. The second-order valence-electron chi connectivity index (χ2n) is 5.83. The molecule has 1 heterocycles. The summed E-state index contributed by atoms with van der Waals surface area (Å²) in [6.07, 6.45) is 3.83. The summed E-state index contributed by atoms with van der Waals surface area (Å²) in [5, 5.41) is 0.501. The van der Waals surface area contributed by atoms with E-state index in [1.165, 1.54) is 6.26 Å². The summed E-state index contributed by atoms with van der Waals surface area (Å²) in [5.74, 6) is 0.0222. The van der Waals surface area contributed by atoms with Crippen molar-refractivity contribution in [2.45, 2.75) is 30.9 Å². The first-order valence-corrected chi connectivity index (χ1v) is 9.12. The molecule has 1 aliphatic carbocycles. The Morgan fingerprint density at radius 3 is 2.71 bits per heavy atom. The summed E-state index contributed by atoms with van der Waals surface area (Å²) in [5.41, 5.74) is 0.691. The minimum atomic E-state index is -3.08. The summed E-state index contributed by atoms with van der Waals surface area (Å²) in [6, 6.07) is 9.23. The van der Waals surface area contributed by atoms with Gasteiger partial charge in [0.05, 0.1) is 5.25 Å². The Labute approximate surface area is 124 Å². The predicted octanol–water partition coefficient (Wildman–Crippen LogP) is 3.22. The fourth-order valence-electron chi connectivity index (χ4n) is 3.08. The van der Waals surface area contributed by atoms with E-state index >= 15 is 0 Å². The van der Waals surface area contributed by atoms with Gasteiger partial charge in [-0.15, -0.1) is 0 Å². The fourth-order valence-corrected chi connectivity index (χ4v) is 4.25. The molecule has 0 bridgehead atoms. The lowest BCUT2D eigenvalue weighted by Crippen LogP contribution is -2.31. The second kappa shape index (κ2) is 5.30. The van der Waals surface area contributed by atoms with Crippen LogP contribution in [0.5, 0.6) is 0 Å². The number of rotatable bonds is 3. The van der Waals surface area contributed by atoms with Gasteiger partial charge in [0.1, 0.15) is 15.4 Å². The number of benzene rings is 1. The van der Waals surface area contributed by atoms with E-state index in [1.54, 1.807) is 6.07 Å². The zero-order chi connectivity index (χ0) is 15.0. The largest absolute Gasteiger partial charge is 0.453 e. The molecular weight excluding hydrogens is 288 g/mol. The van der Waals surface area contributed by atoms with Gasteiger partial charge in [-0.05, 0) is 31.4 Å². The molecule has 1 aliphatic rings. The van der Waals surface area contributed by atoms with E-state index < -0.39 is 15.1 Å². The van der Waals surface area contributed by atoms with Gasteiger partial charge in [0, 0.05) is 17.6 Å². The topological polar surface area (TPSA) is 64.3 Å². The molecule has 1 fully saturated rings. The van der Waals surface area contributed by atoms with Crippen LogP contribution in [0.4, 0.5) is 0 Å². The van der Waals surface area contributed by atoms with Gasteiger partial charge < -0.3 is 4.42 Å². The van der Waals surface area contributed by atoms with Crippen LogP contribution in [-0.2, 0) is 9.84 Å². The third-order valence-corrected chi connectivity index (χ3v) is 5.91. The van der Waals surface area contributed by atoms with Gasteiger partial charge in [0.25, 0.3) is 0 Å². The minimum Gasteiger partial charge on any atom is -0.453 e. The van der Waals surface area contributed by atoms with Crippen LogP contribution in [0.25, 0.3) is 11.0 Å². The molecule has 2 aromatic rings. The Kier molecular flexibility index (Phi) is 3.61. The number of Topliss-reactive ketones (excluding diaryl/α,β-unsaturated/α-hetero) is 1. The summed E-state index contributed by atoms with van der Waals surface area (Å²) >= 11 is 0. The number of hydrogen-bond donors (Lipinski definition) is 0. The molecule has 0 saturated heterocycles. The standard InChI is InChI=1S/C16H18O4S/c1-21(18,19)13-7-4-6-12(9-13)16(17)15-10-11-5-2-3-8-14(11)20-15/h2-3,5,8,10,12-13H,4,6-7,9H2,1H3. The number of sulfone groups is 1. The number of ketones is 1. The zero-order valence-electron chi connectivity index (χ0n) is 11.9. The molecule has 1 saturated carbocycles. The van der Waals surface area contributed by atoms with E-state index in [0.29, 0.717) is 24.2 Å². The number of para-hydroxylation sites is 1. The second-order valence-corrected chi connectivity index (χ2v) is 8.15. The van der Waals surface area contributed by atoms with Crippen LogP contribution in [0, 0.1) is 5.92 Å². The van der Waals surface area contributed by atoms with E-state index in [-0.39, 0.29) is 11.7 Å². The lowest BCUT2D eigenvalue weighted by atomic mass is 9.85. The van der Waals surface area contributed by atoms with Crippen LogP contribution < -0.4 is 0 Å². The molecule has 2 atom stereocenters. The van der Waals surface area contributed by atoms with Gasteiger partial charge in [-0.25, -0.2) is 8.42 Å². The fraction of sp³-hybridized carbons (Fsp3) is 0.438. The molecule has 0 spiro atoms. The Morgan fingerprint density at radius 1 is 1.24 bits per heavy atom. The molecule has 0 radical (unpaired) electrons. The van der Waals surface area contributed by atoms with Crippen LogP contribution in [0.2, 0.25) is 0 Å². The molecule has 0 aliphatic heterocycles. The van der Waals surface area contributed by atoms with Gasteiger partial charge in [0.15, 0.2) is 5.76 Å². The summed E-state index contributed by atoms with van der Waals surface area (Å²) < 4.78 is 29.0. The smallest absolute Gasteiger partial charge is 0.201 e. The van der Waals surface area contributed by atoms with Gasteiger partial charge in [0.2, 0.25) is 5.78 Å². The van der Waals surface area contributed by atoms with Crippen molar-refractivity contribution in [3.05, 3.63) is 36.1 Å². The van der Waals surface area contributed by atoms with Crippen molar-refractivity contribution in [2.24, 2.45) is 5.92 Å². The highest BCUT2D eigenvalue weighted by Gasteiger charge is 2.33. The van der Waals surface area contributed by atoms with Gasteiger partial charge >= 0.3 is 0 Å². The van der Waals surface area contributed by atoms with Crippen molar-refractivity contribution in [1.82, 2.24) is 0 Å². The summed E-state index contributed by atoms with van der Waals surface area (Å²) in [7, 11) is -3.08. The Balaban J connectivity index is 1.84. The minimum absolute atomic E-state index is 0.0699. The van der Waals surface area contributed by atoms with E-state index in [1.807, 2.05) is 24.3 Å². The highest BCUT2D eigenvalue weighted by atomic mass is 32.2. The molecule has 21 heavy (non-hydrogen) atoms. The number of carbonyl (C=O) groups excluding carboxylic acids is 1. The molecule has 5 heteroatoms. The molecule has 0 amide bonds. The van der Waals surface area contributed by atoms with Gasteiger partial charge in [-0.1, -0.05) is 24.6 Å². The van der Waals surface area contributed by atoms with Crippen LogP contribution >= 0.6 is 0 Å². The summed E-state index contributed by atoms with van der Waals surface area (Å²) in [6.45, 7) is 0. The van der Waals surface area contributed by atoms with Gasteiger partial charge in [-0.3, -0.25) is 4.79 Å². The summed E-state index contributed by atoms with van der Waals surface area (Å²) in [4.78, 5) is 12.6. The SMILES string of the molecule is CS(=O)(=O)C1CCCC(C(=O)c2cc3ccccc3o2)C1. The lowest BCUT2D eigenvalue weighted by molar-refractivity contribution is 0.0864. The van der Waals surface area contributed by atoms with Crippen LogP contribution in [0.1, 0.15) is 36.2 Å². The first-order chi connectivity index (χ1) is 9.95. The van der Waals surface area contributed by atoms with Crippen molar-refractivity contribution in [2.75, 3.05) is 6.26 Å². The van der Waals surface area contributed by atoms with Crippen LogP contribution in [0.3, 0.4) is 0 Å². The van der Waals surface area contributed by atoms with Crippen molar-refractivity contribution in [1.29, 1.82) is 0 Å². The molecule has 3 rings (SSSR count). The number of fused-ring (bicyclic) bond motifs is 1. The maximum absolute atomic E-state index is 12.6. The molecule has 1 aromatic heterocycles. The van der Waals surface area contributed by atoms with Crippen LogP contribution in [-0.4, -0.2) is 25.7 Å². The van der Waals surface area contributed by atoms with Crippen molar-refractivity contribution in [3.8, 4) is 0 Å². The third kappa shape index (κ3) is 2.88. The molecule has 2 unspecified atom stereocenters. The lowest BCUT2D eigenvalue weighted by Gasteiger charge is -2.26. The average molecular weight is 306 g/mol. The maximum Gasteiger partial charge on any atom is 0.201 e. The third-order valence-electron chi connectivity index (χ3n) is 4.27. The van der Waals surface area contributed by atoms with E-state index in [9.17, 15) is 13.2 Å². The zero-order valence-corrected chi connectivity index (χ0v) is 12.7. The van der Waals surface area contributed by atoms with Crippen molar-refractivity contribution >= 4 is 26.6 Å². The maximum atomic E-state index is 12.6. The predicted molar refractivity (Wildman–Crippen MR) is 81.1 cm³/mol.